The van der Waals surface area contributed by atoms with Crippen molar-refractivity contribution in [3.63, 3.8) is 0 Å². The van der Waals surface area contributed by atoms with E-state index < -0.39 is 0 Å². The molecular weight excluding hydrogens is 250 g/mol. The number of rotatable bonds is 2. The predicted octanol–water partition coefficient (Wildman–Crippen LogP) is 2.55. The van der Waals surface area contributed by atoms with Gasteiger partial charge in [-0.1, -0.05) is 24.3 Å². The average molecular weight is 265 g/mol. The van der Waals surface area contributed by atoms with E-state index in [0.29, 0.717) is 11.3 Å². The van der Waals surface area contributed by atoms with Gasteiger partial charge in [0.15, 0.2) is 0 Å². The minimum absolute atomic E-state index is 0.0464. The van der Waals surface area contributed by atoms with Gasteiger partial charge in [0.25, 0.3) is 5.56 Å². The van der Waals surface area contributed by atoms with Gasteiger partial charge in [-0.15, -0.1) is 0 Å². The van der Waals surface area contributed by atoms with E-state index in [-0.39, 0.29) is 5.56 Å². The number of hydrogen-bond acceptors (Lipinski definition) is 2. The Labute approximate surface area is 116 Å². The van der Waals surface area contributed by atoms with Crippen LogP contribution < -0.4 is 5.56 Å². The largest absolute Gasteiger partial charge is 0.285 e. The van der Waals surface area contributed by atoms with Crippen LogP contribution in [0, 0.1) is 6.92 Å². The molecule has 2 heterocycles. The fourth-order valence-electron chi connectivity index (χ4n) is 2.37. The molecule has 0 fully saturated rings. The van der Waals surface area contributed by atoms with Crippen LogP contribution in [0.5, 0.6) is 0 Å². The van der Waals surface area contributed by atoms with E-state index in [9.17, 15) is 4.79 Å². The molecular formula is C16H15N3O. The van der Waals surface area contributed by atoms with Crippen molar-refractivity contribution < 1.29 is 0 Å². The molecule has 0 unspecified atom stereocenters. The van der Waals surface area contributed by atoms with Gasteiger partial charge in [0.05, 0.1) is 16.9 Å². The maximum atomic E-state index is 12.7. The van der Waals surface area contributed by atoms with Crippen LogP contribution in [0.15, 0.2) is 59.5 Å². The van der Waals surface area contributed by atoms with Gasteiger partial charge in [-0.25, -0.2) is 4.68 Å². The van der Waals surface area contributed by atoms with Crippen LogP contribution in [0.4, 0.5) is 0 Å². The number of benzene rings is 1. The first-order valence-corrected chi connectivity index (χ1v) is 6.45. The normalized spacial score (nSPS) is 10.7. The highest BCUT2D eigenvalue weighted by molar-refractivity contribution is 5.61. The van der Waals surface area contributed by atoms with Gasteiger partial charge < -0.3 is 0 Å². The van der Waals surface area contributed by atoms with E-state index in [2.05, 4.69) is 4.98 Å². The summed E-state index contributed by atoms with van der Waals surface area (Å²) in [6.07, 6.45) is 1.70. The molecule has 4 heteroatoms. The second kappa shape index (κ2) is 4.81. The van der Waals surface area contributed by atoms with Crippen LogP contribution in [0.2, 0.25) is 0 Å². The van der Waals surface area contributed by atoms with Crippen LogP contribution in [0.1, 0.15) is 5.69 Å². The molecule has 0 atom stereocenters. The quantitative estimate of drug-likeness (QED) is 0.714. The Morgan fingerprint density at radius 3 is 2.35 bits per heavy atom. The van der Waals surface area contributed by atoms with Crippen LogP contribution in [0.25, 0.3) is 16.9 Å². The molecule has 0 amide bonds. The van der Waals surface area contributed by atoms with E-state index >= 15 is 0 Å². The molecule has 3 rings (SSSR count). The van der Waals surface area contributed by atoms with Crippen molar-refractivity contribution in [2.24, 2.45) is 7.05 Å². The van der Waals surface area contributed by atoms with Gasteiger partial charge in [0.1, 0.15) is 0 Å². The summed E-state index contributed by atoms with van der Waals surface area (Å²) in [7, 11) is 1.89. The van der Waals surface area contributed by atoms with Crippen molar-refractivity contribution in [1.82, 2.24) is 14.3 Å². The summed E-state index contributed by atoms with van der Waals surface area (Å²) in [4.78, 5) is 17.0. The van der Waals surface area contributed by atoms with Crippen LogP contribution in [-0.2, 0) is 7.05 Å². The molecule has 0 aliphatic heterocycles. The van der Waals surface area contributed by atoms with Gasteiger partial charge in [0.2, 0.25) is 0 Å². The minimum Gasteiger partial charge on any atom is -0.285 e. The molecule has 4 nitrogen and oxygen atoms in total. The Hall–Kier alpha value is -2.62. The fourth-order valence-corrected chi connectivity index (χ4v) is 2.37. The Bertz CT molecular complexity index is 720. The molecule has 1 aromatic carbocycles. The second-order valence-electron chi connectivity index (χ2n) is 4.65. The van der Waals surface area contributed by atoms with E-state index in [0.717, 1.165) is 11.4 Å². The lowest BCUT2D eigenvalue weighted by atomic mass is 10.2. The summed E-state index contributed by atoms with van der Waals surface area (Å²) in [6, 6.07) is 15.2. The Morgan fingerprint density at radius 2 is 1.70 bits per heavy atom. The van der Waals surface area contributed by atoms with Gasteiger partial charge >= 0.3 is 0 Å². The predicted molar refractivity (Wildman–Crippen MR) is 79.0 cm³/mol. The number of para-hydroxylation sites is 1. The lowest BCUT2D eigenvalue weighted by molar-refractivity contribution is 0.630. The molecule has 0 saturated heterocycles. The number of pyridine rings is 1. The zero-order valence-corrected chi connectivity index (χ0v) is 11.4. The zero-order chi connectivity index (χ0) is 14.1. The van der Waals surface area contributed by atoms with Crippen molar-refractivity contribution >= 4 is 0 Å². The molecule has 20 heavy (non-hydrogen) atoms. The van der Waals surface area contributed by atoms with Gasteiger partial charge in [-0.2, -0.15) is 0 Å². The number of aromatic nitrogens is 3. The highest BCUT2D eigenvalue weighted by Crippen LogP contribution is 2.19. The molecule has 0 radical (unpaired) electrons. The average Bonchev–Trinajstić information content (AvgIpc) is 2.71. The van der Waals surface area contributed by atoms with Crippen molar-refractivity contribution in [1.29, 1.82) is 0 Å². The van der Waals surface area contributed by atoms with Crippen LogP contribution in [-0.4, -0.2) is 14.3 Å². The summed E-state index contributed by atoms with van der Waals surface area (Å²) >= 11 is 0. The first kappa shape index (κ1) is 12.4. The standard InChI is InChI=1S/C16H15N3O/c1-12-15(14-10-6-7-11-17-14)16(20)19(18(12)2)13-8-4-3-5-9-13/h3-11H,1-2H3. The molecule has 0 N–H and O–H groups in total. The summed E-state index contributed by atoms with van der Waals surface area (Å²) in [5, 5.41) is 0. The molecule has 3 aromatic rings. The lowest BCUT2D eigenvalue weighted by Crippen LogP contribution is -2.20. The topological polar surface area (TPSA) is 39.8 Å². The van der Waals surface area contributed by atoms with Gasteiger partial charge in [-0.05, 0) is 31.2 Å². The lowest BCUT2D eigenvalue weighted by Gasteiger charge is -2.07. The molecule has 0 spiro atoms. The van der Waals surface area contributed by atoms with Crippen LogP contribution >= 0.6 is 0 Å². The van der Waals surface area contributed by atoms with E-state index in [4.69, 9.17) is 0 Å². The minimum atomic E-state index is -0.0464. The zero-order valence-electron chi connectivity index (χ0n) is 11.4. The van der Waals surface area contributed by atoms with E-state index in [1.165, 1.54) is 0 Å². The summed E-state index contributed by atoms with van der Waals surface area (Å²) in [5.74, 6) is 0. The molecule has 0 aliphatic carbocycles. The highest BCUT2D eigenvalue weighted by Gasteiger charge is 2.17. The summed E-state index contributed by atoms with van der Waals surface area (Å²) < 4.78 is 3.53. The summed E-state index contributed by atoms with van der Waals surface area (Å²) in [6.45, 7) is 1.94. The second-order valence-corrected chi connectivity index (χ2v) is 4.65. The van der Waals surface area contributed by atoms with Crippen LogP contribution in [0.3, 0.4) is 0 Å². The molecule has 100 valence electrons. The van der Waals surface area contributed by atoms with E-state index in [1.807, 2.05) is 67.2 Å². The van der Waals surface area contributed by atoms with Crippen molar-refractivity contribution in [3.8, 4) is 16.9 Å². The van der Waals surface area contributed by atoms with Crippen molar-refractivity contribution in [3.05, 3.63) is 70.8 Å². The number of hydrogen-bond donors (Lipinski definition) is 0. The maximum Gasteiger partial charge on any atom is 0.281 e. The van der Waals surface area contributed by atoms with E-state index in [1.54, 1.807) is 10.9 Å². The Kier molecular flexibility index (Phi) is 2.99. The molecule has 0 bridgehead atoms. The van der Waals surface area contributed by atoms with Gasteiger partial charge in [-0.3, -0.25) is 14.5 Å². The number of nitrogens with zero attached hydrogens (tertiary/aromatic N) is 3. The smallest absolute Gasteiger partial charge is 0.281 e. The van der Waals surface area contributed by atoms with Crippen molar-refractivity contribution in [2.45, 2.75) is 6.92 Å². The molecule has 0 aliphatic rings. The Balaban J connectivity index is 2.29. The maximum absolute atomic E-state index is 12.7. The fraction of sp³-hybridized carbons (Fsp3) is 0.125. The molecule has 2 aromatic heterocycles. The third-order valence-electron chi connectivity index (χ3n) is 3.48. The van der Waals surface area contributed by atoms with Gasteiger partial charge in [0, 0.05) is 18.9 Å². The third kappa shape index (κ3) is 1.86. The SMILES string of the molecule is Cc1c(-c2ccccn2)c(=O)n(-c2ccccc2)n1C. The van der Waals surface area contributed by atoms with Crippen molar-refractivity contribution in [2.75, 3.05) is 0 Å². The Morgan fingerprint density at radius 1 is 1.00 bits per heavy atom. The summed E-state index contributed by atoms with van der Waals surface area (Å²) in [5.41, 5.74) is 3.06. The first-order valence-electron chi connectivity index (χ1n) is 6.45. The third-order valence-corrected chi connectivity index (χ3v) is 3.48. The highest BCUT2D eigenvalue weighted by atomic mass is 16.1. The monoisotopic (exact) mass is 265 g/mol. The molecule has 0 saturated carbocycles. The first-order chi connectivity index (χ1) is 9.70.